The molecule has 0 aromatic carbocycles. The summed E-state index contributed by atoms with van der Waals surface area (Å²) >= 11 is 0. The van der Waals surface area contributed by atoms with Gasteiger partial charge in [-0.1, -0.05) is 0 Å². The fraction of sp³-hybridized carbons (Fsp3) is 0.364. The molecule has 1 aliphatic heterocycles. The Labute approximate surface area is 98.7 Å². The molecule has 0 spiro atoms. The average molecular weight is 234 g/mol. The molecule has 6 nitrogen and oxygen atoms in total. The maximum Gasteiger partial charge on any atom is 0.277 e. The second-order valence-electron chi connectivity index (χ2n) is 4.01. The van der Waals surface area contributed by atoms with E-state index in [1.165, 1.54) is 0 Å². The number of carbonyl (C=O) groups excluding carboxylic acids is 1. The monoisotopic (exact) mass is 234 g/mol. The second kappa shape index (κ2) is 4.40. The van der Waals surface area contributed by atoms with Gasteiger partial charge in [-0.05, 0) is 26.8 Å². The lowest BCUT2D eigenvalue weighted by Crippen LogP contribution is -2.16. The van der Waals surface area contributed by atoms with Crippen LogP contribution >= 0.6 is 0 Å². The van der Waals surface area contributed by atoms with E-state index in [4.69, 9.17) is 4.74 Å². The van der Waals surface area contributed by atoms with E-state index in [1.54, 1.807) is 12.3 Å². The lowest BCUT2D eigenvalue weighted by atomic mass is 10.1. The Morgan fingerprint density at radius 2 is 2.24 bits per heavy atom. The zero-order valence-electron chi connectivity index (χ0n) is 9.94. The van der Waals surface area contributed by atoms with Crippen molar-refractivity contribution in [2.45, 2.75) is 26.9 Å². The summed E-state index contributed by atoms with van der Waals surface area (Å²) < 4.78 is 5.45. The summed E-state index contributed by atoms with van der Waals surface area (Å²) in [6.07, 6.45) is 3.40. The average Bonchev–Trinajstić information content (AvgIpc) is 2.79. The van der Waals surface area contributed by atoms with Gasteiger partial charge in [0.05, 0.1) is 11.8 Å². The van der Waals surface area contributed by atoms with Gasteiger partial charge in [-0.2, -0.15) is 5.10 Å². The van der Waals surface area contributed by atoms with Crippen LogP contribution in [0.2, 0.25) is 0 Å². The summed E-state index contributed by atoms with van der Waals surface area (Å²) in [6, 6.07) is 0. The molecular weight excluding hydrogens is 220 g/mol. The number of hydrogen-bond donors (Lipinski definition) is 2. The van der Waals surface area contributed by atoms with Crippen molar-refractivity contribution in [3.8, 4) is 0 Å². The van der Waals surface area contributed by atoms with Gasteiger partial charge in [0.1, 0.15) is 5.57 Å². The quantitative estimate of drug-likeness (QED) is 0.748. The third-order valence-electron chi connectivity index (χ3n) is 2.25. The Morgan fingerprint density at radius 1 is 1.47 bits per heavy atom. The number of amides is 1. The number of aromatic amines is 1. The van der Waals surface area contributed by atoms with Crippen molar-refractivity contribution >= 4 is 17.9 Å². The third-order valence-corrected chi connectivity index (χ3v) is 2.25. The predicted molar refractivity (Wildman–Crippen MR) is 63.1 cm³/mol. The molecule has 0 atom stereocenters. The Kier molecular flexibility index (Phi) is 2.95. The van der Waals surface area contributed by atoms with Crippen LogP contribution in [0.1, 0.15) is 25.1 Å². The van der Waals surface area contributed by atoms with Gasteiger partial charge >= 0.3 is 0 Å². The first kappa shape index (κ1) is 11.4. The number of H-pyrrole nitrogens is 1. The van der Waals surface area contributed by atoms with Gasteiger partial charge in [-0.25, -0.2) is 5.43 Å². The first-order chi connectivity index (χ1) is 8.08. The Hall–Kier alpha value is -2.11. The highest BCUT2D eigenvalue weighted by atomic mass is 16.5. The van der Waals surface area contributed by atoms with Crippen molar-refractivity contribution < 1.29 is 9.53 Å². The van der Waals surface area contributed by atoms with Crippen molar-refractivity contribution in [2.24, 2.45) is 5.10 Å². The molecule has 2 N–H and O–H groups in total. The van der Waals surface area contributed by atoms with Gasteiger partial charge in [0.2, 0.25) is 5.90 Å². The summed E-state index contributed by atoms with van der Waals surface area (Å²) in [6.45, 7) is 5.62. The molecule has 1 aromatic rings. The molecule has 0 saturated carbocycles. The fourth-order valence-corrected chi connectivity index (χ4v) is 1.43. The van der Waals surface area contributed by atoms with Crippen molar-refractivity contribution in [1.82, 2.24) is 15.6 Å². The van der Waals surface area contributed by atoms with Crippen molar-refractivity contribution in [3.05, 3.63) is 23.0 Å². The standard InChI is InChI=1S/C11H14N4O2/c1-6(2)17-11-9(10(16)14-15-11)4-8-5-12-13-7(8)3/h4-6H,1-3H3,(H,12,13)(H,14,16). The highest BCUT2D eigenvalue weighted by Crippen LogP contribution is 2.15. The fourth-order valence-electron chi connectivity index (χ4n) is 1.43. The van der Waals surface area contributed by atoms with Gasteiger partial charge in [0.15, 0.2) is 0 Å². The van der Waals surface area contributed by atoms with E-state index in [1.807, 2.05) is 20.8 Å². The Morgan fingerprint density at radius 3 is 2.82 bits per heavy atom. The largest absolute Gasteiger partial charge is 0.473 e. The molecule has 1 amide bonds. The zero-order valence-corrected chi connectivity index (χ0v) is 9.94. The van der Waals surface area contributed by atoms with E-state index < -0.39 is 0 Å². The molecule has 0 aliphatic carbocycles. The number of nitrogens with one attached hydrogen (secondary N) is 2. The van der Waals surface area contributed by atoms with Crippen LogP contribution in [0, 0.1) is 6.92 Å². The number of aryl methyl sites for hydroxylation is 1. The van der Waals surface area contributed by atoms with E-state index >= 15 is 0 Å². The molecule has 6 heteroatoms. The smallest absolute Gasteiger partial charge is 0.277 e. The molecule has 17 heavy (non-hydrogen) atoms. The lowest BCUT2D eigenvalue weighted by Gasteiger charge is -2.08. The van der Waals surface area contributed by atoms with Crippen LogP contribution in [0.5, 0.6) is 0 Å². The van der Waals surface area contributed by atoms with Crippen LogP contribution < -0.4 is 5.43 Å². The summed E-state index contributed by atoms with van der Waals surface area (Å²) in [5.41, 5.74) is 4.47. The minimum Gasteiger partial charge on any atom is -0.473 e. The van der Waals surface area contributed by atoms with Gasteiger partial charge in [0, 0.05) is 11.8 Å². The molecule has 0 radical (unpaired) electrons. The minimum atomic E-state index is -0.263. The van der Waals surface area contributed by atoms with Crippen LogP contribution in [0.25, 0.3) is 6.08 Å². The number of aromatic nitrogens is 2. The SMILES string of the molecule is Cc1n[nH]cc1C=C1C(=O)NN=C1OC(C)C. The highest BCUT2D eigenvalue weighted by molar-refractivity contribution is 6.24. The number of nitrogens with zero attached hydrogens (tertiary/aromatic N) is 2. The number of hydrazone groups is 1. The number of ether oxygens (including phenoxy) is 1. The molecule has 0 fully saturated rings. The predicted octanol–water partition coefficient (Wildman–Crippen LogP) is 0.970. The molecule has 0 bridgehead atoms. The molecule has 2 heterocycles. The molecule has 0 unspecified atom stereocenters. The van der Waals surface area contributed by atoms with E-state index in [0.717, 1.165) is 11.3 Å². The molecule has 1 aromatic heterocycles. The van der Waals surface area contributed by atoms with Gasteiger partial charge < -0.3 is 4.74 Å². The molecule has 2 rings (SSSR count). The lowest BCUT2D eigenvalue weighted by molar-refractivity contribution is -0.116. The maximum absolute atomic E-state index is 11.6. The van der Waals surface area contributed by atoms with Gasteiger partial charge in [-0.3, -0.25) is 9.89 Å². The summed E-state index contributed by atoms with van der Waals surface area (Å²) in [4.78, 5) is 11.6. The van der Waals surface area contributed by atoms with Crippen LogP contribution in [0.4, 0.5) is 0 Å². The number of hydrogen-bond acceptors (Lipinski definition) is 4. The Bertz CT molecular complexity index is 499. The zero-order chi connectivity index (χ0) is 12.4. The second-order valence-corrected chi connectivity index (χ2v) is 4.01. The Balaban J connectivity index is 2.29. The minimum absolute atomic E-state index is 0.0321. The van der Waals surface area contributed by atoms with E-state index in [-0.39, 0.29) is 12.0 Å². The summed E-state index contributed by atoms with van der Waals surface area (Å²) in [5, 5.41) is 10.6. The first-order valence-electron chi connectivity index (χ1n) is 5.35. The highest BCUT2D eigenvalue weighted by Gasteiger charge is 2.25. The first-order valence-corrected chi connectivity index (χ1v) is 5.35. The van der Waals surface area contributed by atoms with Crippen molar-refractivity contribution in [3.63, 3.8) is 0 Å². The van der Waals surface area contributed by atoms with Crippen molar-refractivity contribution in [2.75, 3.05) is 0 Å². The topological polar surface area (TPSA) is 79.4 Å². The third kappa shape index (κ3) is 2.35. The van der Waals surface area contributed by atoms with Crippen LogP contribution in [0.15, 0.2) is 16.9 Å². The molecule has 1 aliphatic rings. The van der Waals surface area contributed by atoms with E-state index in [0.29, 0.717) is 11.5 Å². The molecule has 0 saturated heterocycles. The van der Waals surface area contributed by atoms with Gasteiger partial charge in [-0.15, -0.1) is 5.10 Å². The number of rotatable bonds is 2. The molecular formula is C11H14N4O2. The maximum atomic E-state index is 11.6. The van der Waals surface area contributed by atoms with Crippen molar-refractivity contribution in [1.29, 1.82) is 0 Å². The van der Waals surface area contributed by atoms with E-state index in [2.05, 4.69) is 20.7 Å². The van der Waals surface area contributed by atoms with Crippen LogP contribution in [-0.4, -0.2) is 28.1 Å². The number of carbonyl (C=O) groups is 1. The van der Waals surface area contributed by atoms with E-state index in [9.17, 15) is 4.79 Å². The van der Waals surface area contributed by atoms with Gasteiger partial charge in [0.25, 0.3) is 5.91 Å². The normalized spacial score (nSPS) is 17.5. The summed E-state index contributed by atoms with van der Waals surface area (Å²) in [5.74, 6) is 0.0619. The van der Waals surface area contributed by atoms with Crippen LogP contribution in [-0.2, 0) is 9.53 Å². The van der Waals surface area contributed by atoms with Crippen LogP contribution in [0.3, 0.4) is 0 Å². The molecule has 90 valence electrons. The summed E-state index contributed by atoms with van der Waals surface area (Å²) in [7, 11) is 0.